The van der Waals surface area contributed by atoms with Gasteiger partial charge in [-0.2, -0.15) is 0 Å². The van der Waals surface area contributed by atoms with E-state index in [1.54, 1.807) is 0 Å². The van der Waals surface area contributed by atoms with Gasteiger partial charge in [0.2, 0.25) is 5.91 Å². The van der Waals surface area contributed by atoms with E-state index in [1.807, 2.05) is 18.2 Å². The molecule has 1 amide bonds. The minimum Gasteiger partial charge on any atom is -0.354 e. The number of likely N-dealkylation sites (tertiary alicyclic amines) is 1. The Morgan fingerprint density at radius 1 is 1.33 bits per heavy atom. The largest absolute Gasteiger partial charge is 0.354 e. The molecule has 0 aliphatic carbocycles. The summed E-state index contributed by atoms with van der Waals surface area (Å²) in [5, 5.41) is 3.19. The number of carbonyl (C=O) groups is 1. The standard InChI is InChI=1S/C18H28N2O/c1-3-9-17(15-10-6-5-7-11-15)18(21)19-14-16-12-8-13-20(16)4-2/h5-7,10-11,16-17H,3-4,8-9,12-14H2,1-2H3,(H,19,21)/t16-,17+/m0/s1. The summed E-state index contributed by atoms with van der Waals surface area (Å²) in [5.41, 5.74) is 1.13. The number of nitrogens with zero attached hydrogens (tertiary/aromatic N) is 1. The van der Waals surface area contributed by atoms with Gasteiger partial charge in [0.15, 0.2) is 0 Å². The smallest absolute Gasteiger partial charge is 0.227 e. The van der Waals surface area contributed by atoms with Gasteiger partial charge in [0.1, 0.15) is 0 Å². The van der Waals surface area contributed by atoms with Gasteiger partial charge < -0.3 is 5.32 Å². The minimum absolute atomic E-state index is 0.00678. The Labute approximate surface area is 128 Å². The normalized spacial score (nSPS) is 20.4. The van der Waals surface area contributed by atoms with Crippen LogP contribution in [0, 0.1) is 0 Å². The van der Waals surface area contributed by atoms with E-state index in [9.17, 15) is 4.79 Å². The van der Waals surface area contributed by atoms with Crippen LogP contribution in [0.4, 0.5) is 0 Å². The van der Waals surface area contributed by atoms with Gasteiger partial charge in [0.05, 0.1) is 5.92 Å². The van der Waals surface area contributed by atoms with Gasteiger partial charge in [-0.05, 0) is 37.9 Å². The van der Waals surface area contributed by atoms with Crippen molar-refractivity contribution in [1.82, 2.24) is 10.2 Å². The van der Waals surface area contributed by atoms with Crippen LogP contribution in [0.25, 0.3) is 0 Å². The molecule has 21 heavy (non-hydrogen) atoms. The van der Waals surface area contributed by atoms with Gasteiger partial charge in [-0.15, -0.1) is 0 Å². The molecule has 0 bridgehead atoms. The first kappa shape index (κ1) is 16.0. The molecule has 2 atom stereocenters. The molecule has 116 valence electrons. The van der Waals surface area contributed by atoms with Crippen molar-refractivity contribution in [2.24, 2.45) is 0 Å². The summed E-state index contributed by atoms with van der Waals surface area (Å²) >= 11 is 0. The maximum atomic E-state index is 12.6. The first-order valence-electron chi connectivity index (χ1n) is 8.33. The summed E-state index contributed by atoms with van der Waals surface area (Å²) < 4.78 is 0. The Kier molecular flexibility index (Phi) is 6.24. The first-order chi connectivity index (χ1) is 10.3. The topological polar surface area (TPSA) is 32.3 Å². The molecular formula is C18H28N2O. The number of carbonyl (C=O) groups excluding carboxylic acids is 1. The fourth-order valence-electron chi connectivity index (χ4n) is 3.31. The molecule has 3 nitrogen and oxygen atoms in total. The predicted molar refractivity (Wildman–Crippen MR) is 87.4 cm³/mol. The highest BCUT2D eigenvalue weighted by molar-refractivity contribution is 5.83. The summed E-state index contributed by atoms with van der Waals surface area (Å²) in [6.45, 7) is 7.38. The zero-order valence-corrected chi connectivity index (χ0v) is 13.3. The molecule has 3 heteroatoms. The Morgan fingerprint density at radius 2 is 2.10 bits per heavy atom. The van der Waals surface area contributed by atoms with E-state index in [0.29, 0.717) is 6.04 Å². The van der Waals surface area contributed by atoms with Crippen molar-refractivity contribution in [2.75, 3.05) is 19.6 Å². The molecule has 1 heterocycles. The maximum Gasteiger partial charge on any atom is 0.227 e. The van der Waals surface area contributed by atoms with E-state index in [1.165, 1.54) is 19.4 Å². The Bertz CT molecular complexity index is 432. The van der Waals surface area contributed by atoms with Gasteiger partial charge >= 0.3 is 0 Å². The molecule has 1 aliphatic heterocycles. The SMILES string of the molecule is CCC[C@@H](C(=O)NC[C@@H]1CCCN1CC)c1ccccc1. The van der Waals surface area contributed by atoms with Crippen LogP contribution in [0.15, 0.2) is 30.3 Å². The second-order valence-electron chi connectivity index (χ2n) is 5.92. The lowest BCUT2D eigenvalue weighted by Gasteiger charge is -2.24. The van der Waals surface area contributed by atoms with Gasteiger partial charge in [0.25, 0.3) is 0 Å². The molecule has 1 N–H and O–H groups in total. The molecule has 2 rings (SSSR count). The van der Waals surface area contributed by atoms with Crippen LogP contribution < -0.4 is 5.32 Å². The number of rotatable bonds is 7. The molecule has 0 aromatic heterocycles. The molecule has 1 aromatic rings. The summed E-state index contributed by atoms with van der Waals surface area (Å²) in [7, 11) is 0. The van der Waals surface area contributed by atoms with Gasteiger partial charge in [0, 0.05) is 12.6 Å². The van der Waals surface area contributed by atoms with E-state index in [4.69, 9.17) is 0 Å². The molecule has 1 fully saturated rings. The number of benzene rings is 1. The van der Waals surface area contributed by atoms with Crippen molar-refractivity contribution in [2.45, 2.75) is 51.5 Å². The third kappa shape index (κ3) is 4.31. The van der Waals surface area contributed by atoms with Crippen molar-refractivity contribution < 1.29 is 4.79 Å². The monoisotopic (exact) mass is 288 g/mol. The van der Waals surface area contributed by atoms with E-state index in [2.05, 4.69) is 36.2 Å². The quantitative estimate of drug-likeness (QED) is 0.836. The van der Waals surface area contributed by atoms with Crippen LogP contribution in [-0.2, 0) is 4.79 Å². The number of likely N-dealkylation sites (N-methyl/N-ethyl adjacent to an activating group) is 1. The molecule has 1 saturated heterocycles. The maximum absolute atomic E-state index is 12.6. The van der Waals surface area contributed by atoms with Crippen molar-refractivity contribution in [3.05, 3.63) is 35.9 Å². The Morgan fingerprint density at radius 3 is 2.76 bits per heavy atom. The third-order valence-electron chi connectivity index (χ3n) is 4.51. The molecule has 1 aromatic carbocycles. The number of nitrogens with one attached hydrogen (secondary N) is 1. The highest BCUT2D eigenvalue weighted by atomic mass is 16.1. The van der Waals surface area contributed by atoms with E-state index >= 15 is 0 Å². The van der Waals surface area contributed by atoms with Crippen LogP contribution >= 0.6 is 0 Å². The third-order valence-corrected chi connectivity index (χ3v) is 4.51. The van der Waals surface area contributed by atoms with Gasteiger partial charge in [-0.1, -0.05) is 50.6 Å². The Hall–Kier alpha value is -1.35. The highest BCUT2D eigenvalue weighted by Crippen LogP contribution is 2.22. The molecule has 0 saturated carbocycles. The van der Waals surface area contributed by atoms with Crippen LogP contribution in [0.2, 0.25) is 0 Å². The summed E-state index contributed by atoms with van der Waals surface area (Å²) in [6, 6.07) is 10.7. The number of hydrogen-bond acceptors (Lipinski definition) is 2. The summed E-state index contributed by atoms with van der Waals surface area (Å²) in [6.07, 6.45) is 4.40. The zero-order chi connectivity index (χ0) is 15.1. The average Bonchev–Trinajstić information content (AvgIpc) is 2.98. The molecule has 0 spiro atoms. The summed E-state index contributed by atoms with van der Waals surface area (Å²) in [4.78, 5) is 15.0. The second kappa shape index (κ2) is 8.18. The lowest BCUT2D eigenvalue weighted by Crippen LogP contribution is -2.41. The van der Waals surface area contributed by atoms with Gasteiger partial charge in [-0.25, -0.2) is 0 Å². The summed E-state index contributed by atoms with van der Waals surface area (Å²) in [5.74, 6) is 0.179. The van der Waals surface area contributed by atoms with Crippen LogP contribution in [0.5, 0.6) is 0 Å². The fraction of sp³-hybridized carbons (Fsp3) is 0.611. The number of hydrogen-bond donors (Lipinski definition) is 1. The predicted octanol–water partition coefficient (Wildman–Crippen LogP) is 3.17. The van der Waals surface area contributed by atoms with Crippen molar-refractivity contribution >= 4 is 5.91 Å². The highest BCUT2D eigenvalue weighted by Gasteiger charge is 2.25. The van der Waals surface area contributed by atoms with Crippen LogP contribution in [0.3, 0.4) is 0 Å². The van der Waals surface area contributed by atoms with Crippen molar-refractivity contribution in [1.29, 1.82) is 0 Å². The molecule has 0 radical (unpaired) electrons. The molecular weight excluding hydrogens is 260 g/mol. The molecule has 1 aliphatic rings. The Balaban J connectivity index is 1.93. The zero-order valence-electron chi connectivity index (χ0n) is 13.3. The average molecular weight is 288 g/mol. The van der Waals surface area contributed by atoms with Crippen LogP contribution in [0.1, 0.15) is 51.0 Å². The van der Waals surface area contributed by atoms with Crippen LogP contribution in [-0.4, -0.2) is 36.5 Å². The minimum atomic E-state index is -0.00678. The van der Waals surface area contributed by atoms with Crippen molar-refractivity contribution in [3.63, 3.8) is 0 Å². The number of amides is 1. The van der Waals surface area contributed by atoms with E-state index in [-0.39, 0.29) is 11.8 Å². The fourth-order valence-corrected chi connectivity index (χ4v) is 3.31. The van der Waals surface area contributed by atoms with E-state index in [0.717, 1.165) is 31.5 Å². The lowest BCUT2D eigenvalue weighted by atomic mass is 9.93. The first-order valence-corrected chi connectivity index (χ1v) is 8.33. The lowest BCUT2D eigenvalue weighted by molar-refractivity contribution is -0.122. The van der Waals surface area contributed by atoms with Crippen molar-refractivity contribution in [3.8, 4) is 0 Å². The van der Waals surface area contributed by atoms with E-state index < -0.39 is 0 Å². The molecule has 0 unspecified atom stereocenters. The second-order valence-corrected chi connectivity index (χ2v) is 5.92. The van der Waals surface area contributed by atoms with Gasteiger partial charge in [-0.3, -0.25) is 9.69 Å².